The Morgan fingerprint density at radius 2 is 2.00 bits per heavy atom. The van der Waals surface area contributed by atoms with Gasteiger partial charge in [-0.15, -0.1) is 0 Å². The molecule has 1 aliphatic heterocycles. The Kier molecular flexibility index (Phi) is 5.16. The third-order valence-corrected chi connectivity index (χ3v) is 4.57. The van der Waals surface area contributed by atoms with Crippen molar-refractivity contribution in [1.29, 1.82) is 0 Å². The predicted molar refractivity (Wildman–Crippen MR) is 99.4 cm³/mol. The van der Waals surface area contributed by atoms with Crippen LogP contribution in [0.15, 0.2) is 36.9 Å². The first-order valence-electron chi connectivity index (χ1n) is 8.63. The summed E-state index contributed by atoms with van der Waals surface area (Å²) in [5.74, 6) is 0.0643. The standard InChI is InChI=1S/C19H25N5O/c1-15-10-16(12-20-11-15)4-5-19(25)23-8-6-17(7-9-23)24-14-18(13-21-24)22(2)3/h4-5,10-14,17H,6-9H2,1-3H3/b5-4+. The number of carbonyl (C=O) groups excluding carboxylic acids is 1. The fraction of sp³-hybridized carbons (Fsp3) is 0.421. The van der Waals surface area contributed by atoms with Crippen LogP contribution in [0.1, 0.15) is 30.0 Å². The maximum Gasteiger partial charge on any atom is 0.246 e. The summed E-state index contributed by atoms with van der Waals surface area (Å²) in [6.07, 6.45) is 12.9. The molecule has 132 valence electrons. The van der Waals surface area contributed by atoms with E-state index in [1.807, 2.05) is 53.8 Å². The molecule has 0 aromatic carbocycles. The van der Waals surface area contributed by atoms with E-state index in [0.717, 1.165) is 42.7 Å². The number of piperidine rings is 1. The Morgan fingerprint density at radius 1 is 1.24 bits per heavy atom. The summed E-state index contributed by atoms with van der Waals surface area (Å²) in [7, 11) is 4.03. The van der Waals surface area contributed by atoms with E-state index in [2.05, 4.69) is 16.3 Å². The lowest BCUT2D eigenvalue weighted by Crippen LogP contribution is -2.38. The molecule has 0 bridgehead atoms. The summed E-state index contributed by atoms with van der Waals surface area (Å²) in [6, 6.07) is 2.38. The lowest BCUT2D eigenvalue weighted by atomic mass is 10.1. The van der Waals surface area contributed by atoms with Gasteiger partial charge in [-0.3, -0.25) is 14.5 Å². The van der Waals surface area contributed by atoms with E-state index in [1.54, 1.807) is 18.5 Å². The van der Waals surface area contributed by atoms with Gasteiger partial charge in [0.1, 0.15) is 0 Å². The molecule has 25 heavy (non-hydrogen) atoms. The van der Waals surface area contributed by atoms with Gasteiger partial charge in [0.25, 0.3) is 0 Å². The van der Waals surface area contributed by atoms with E-state index in [4.69, 9.17) is 0 Å². The van der Waals surface area contributed by atoms with E-state index >= 15 is 0 Å². The summed E-state index contributed by atoms with van der Waals surface area (Å²) in [4.78, 5) is 20.5. The molecule has 0 unspecified atom stereocenters. The van der Waals surface area contributed by atoms with Gasteiger partial charge in [-0.2, -0.15) is 5.10 Å². The number of rotatable bonds is 4. The van der Waals surface area contributed by atoms with Crippen molar-refractivity contribution in [2.75, 3.05) is 32.1 Å². The fourth-order valence-corrected chi connectivity index (χ4v) is 3.05. The number of carbonyl (C=O) groups is 1. The Balaban J connectivity index is 1.55. The van der Waals surface area contributed by atoms with Gasteiger partial charge in [0.05, 0.1) is 17.9 Å². The molecule has 0 aliphatic carbocycles. The molecule has 6 nitrogen and oxygen atoms in total. The number of amides is 1. The molecule has 1 fully saturated rings. The zero-order valence-corrected chi connectivity index (χ0v) is 15.1. The molecule has 0 saturated carbocycles. The van der Waals surface area contributed by atoms with Gasteiger partial charge in [0.2, 0.25) is 5.91 Å². The minimum Gasteiger partial charge on any atom is -0.375 e. The van der Waals surface area contributed by atoms with Gasteiger partial charge < -0.3 is 9.80 Å². The minimum absolute atomic E-state index is 0.0643. The summed E-state index contributed by atoms with van der Waals surface area (Å²) >= 11 is 0. The molecule has 1 aliphatic rings. The number of hydrogen-bond donors (Lipinski definition) is 0. The van der Waals surface area contributed by atoms with Crippen molar-refractivity contribution in [2.45, 2.75) is 25.8 Å². The molecule has 1 saturated heterocycles. The van der Waals surface area contributed by atoms with Gasteiger partial charge in [0, 0.05) is 51.9 Å². The largest absolute Gasteiger partial charge is 0.375 e. The molecule has 3 heterocycles. The summed E-state index contributed by atoms with van der Waals surface area (Å²) in [5, 5.41) is 4.47. The summed E-state index contributed by atoms with van der Waals surface area (Å²) < 4.78 is 2.03. The lowest BCUT2D eigenvalue weighted by molar-refractivity contribution is -0.127. The predicted octanol–water partition coefficient (Wildman–Crippen LogP) is 2.53. The molecule has 1 amide bonds. The first-order valence-corrected chi connectivity index (χ1v) is 8.63. The van der Waals surface area contributed by atoms with Gasteiger partial charge in [-0.1, -0.05) is 0 Å². The van der Waals surface area contributed by atoms with Crippen LogP contribution < -0.4 is 4.90 Å². The number of hydrogen-bond acceptors (Lipinski definition) is 4. The molecule has 2 aromatic rings. The van der Waals surface area contributed by atoms with E-state index in [9.17, 15) is 4.79 Å². The number of anilines is 1. The van der Waals surface area contributed by atoms with Crippen molar-refractivity contribution >= 4 is 17.7 Å². The van der Waals surface area contributed by atoms with Crippen molar-refractivity contribution in [1.82, 2.24) is 19.7 Å². The van der Waals surface area contributed by atoms with Crippen LogP contribution in [0.4, 0.5) is 5.69 Å². The molecule has 6 heteroatoms. The van der Waals surface area contributed by atoms with Crippen molar-refractivity contribution in [2.24, 2.45) is 0 Å². The lowest BCUT2D eigenvalue weighted by Gasteiger charge is -2.31. The van der Waals surface area contributed by atoms with Crippen LogP contribution in [-0.2, 0) is 4.79 Å². The first-order chi connectivity index (χ1) is 12.0. The molecular formula is C19H25N5O. The van der Waals surface area contributed by atoms with E-state index < -0.39 is 0 Å². The number of likely N-dealkylation sites (tertiary alicyclic amines) is 1. The zero-order valence-electron chi connectivity index (χ0n) is 15.1. The molecule has 0 spiro atoms. The van der Waals surface area contributed by atoms with E-state index in [1.165, 1.54) is 0 Å². The number of aromatic nitrogens is 3. The third kappa shape index (κ3) is 4.26. The molecule has 3 rings (SSSR count). The third-order valence-electron chi connectivity index (χ3n) is 4.57. The Labute approximate surface area is 148 Å². The summed E-state index contributed by atoms with van der Waals surface area (Å²) in [5.41, 5.74) is 3.15. The molecular weight excluding hydrogens is 314 g/mol. The monoisotopic (exact) mass is 339 g/mol. The highest BCUT2D eigenvalue weighted by atomic mass is 16.2. The van der Waals surface area contributed by atoms with Crippen LogP contribution in [-0.4, -0.2) is 52.8 Å². The Bertz CT molecular complexity index is 757. The maximum absolute atomic E-state index is 12.4. The molecule has 2 aromatic heterocycles. The Morgan fingerprint density at radius 3 is 2.64 bits per heavy atom. The summed E-state index contributed by atoms with van der Waals surface area (Å²) in [6.45, 7) is 3.52. The van der Waals surface area contributed by atoms with Crippen molar-refractivity contribution in [3.8, 4) is 0 Å². The Hall–Kier alpha value is -2.63. The fourth-order valence-electron chi connectivity index (χ4n) is 3.05. The van der Waals surface area contributed by atoms with Crippen LogP contribution in [0, 0.1) is 6.92 Å². The van der Waals surface area contributed by atoms with Gasteiger partial charge in [0.15, 0.2) is 0 Å². The van der Waals surface area contributed by atoms with Gasteiger partial charge in [-0.05, 0) is 43.0 Å². The average Bonchev–Trinajstić information content (AvgIpc) is 3.10. The second kappa shape index (κ2) is 7.51. The van der Waals surface area contributed by atoms with E-state index in [0.29, 0.717) is 6.04 Å². The first kappa shape index (κ1) is 17.2. The maximum atomic E-state index is 12.4. The molecule has 0 atom stereocenters. The van der Waals surface area contributed by atoms with Crippen LogP contribution >= 0.6 is 0 Å². The van der Waals surface area contributed by atoms with Crippen LogP contribution in [0.25, 0.3) is 6.08 Å². The second-order valence-corrected chi connectivity index (χ2v) is 6.76. The number of aryl methyl sites for hydroxylation is 1. The highest BCUT2D eigenvalue weighted by molar-refractivity contribution is 5.91. The average molecular weight is 339 g/mol. The topological polar surface area (TPSA) is 54.3 Å². The molecule has 0 radical (unpaired) electrons. The van der Waals surface area contributed by atoms with Crippen LogP contribution in [0.3, 0.4) is 0 Å². The van der Waals surface area contributed by atoms with Crippen molar-refractivity contribution in [3.05, 3.63) is 48.1 Å². The zero-order chi connectivity index (χ0) is 17.8. The minimum atomic E-state index is 0.0643. The second-order valence-electron chi connectivity index (χ2n) is 6.76. The van der Waals surface area contributed by atoms with Gasteiger partial charge in [-0.25, -0.2) is 0 Å². The highest BCUT2D eigenvalue weighted by Gasteiger charge is 2.23. The van der Waals surface area contributed by atoms with Crippen molar-refractivity contribution in [3.63, 3.8) is 0 Å². The normalized spacial score (nSPS) is 15.7. The number of nitrogens with zero attached hydrogens (tertiary/aromatic N) is 5. The van der Waals surface area contributed by atoms with Gasteiger partial charge >= 0.3 is 0 Å². The quantitative estimate of drug-likeness (QED) is 0.803. The van der Waals surface area contributed by atoms with E-state index in [-0.39, 0.29) is 5.91 Å². The highest BCUT2D eigenvalue weighted by Crippen LogP contribution is 2.24. The molecule has 0 N–H and O–H groups in total. The smallest absolute Gasteiger partial charge is 0.246 e. The van der Waals surface area contributed by atoms with Crippen LogP contribution in [0.2, 0.25) is 0 Å². The van der Waals surface area contributed by atoms with Crippen LogP contribution in [0.5, 0.6) is 0 Å². The van der Waals surface area contributed by atoms with Crippen molar-refractivity contribution < 1.29 is 4.79 Å². The SMILES string of the molecule is Cc1cncc(/C=C/C(=O)N2CCC(n3cc(N(C)C)cn3)CC2)c1. The number of pyridine rings is 1.